The maximum atomic E-state index is 12.3. The third-order valence-electron chi connectivity index (χ3n) is 3.22. The number of hydrogen-bond acceptors (Lipinski definition) is 6. The highest BCUT2D eigenvalue weighted by molar-refractivity contribution is 5.85. The van der Waals surface area contributed by atoms with Crippen LogP contribution in [0.15, 0.2) is 12.1 Å². The van der Waals surface area contributed by atoms with Crippen LogP contribution in [-0.4, -0.2) is 49.8 Å². The minimum absolute atomic E-state index is 0.0673. The molecule has 1 saturated heterocycles. The van der Waals surface area contributed by atoms with Gasteiger partial charge in [0.1, 0.15) is 11.9 Å². The maximum absolute atomic E-state index is 12.3. The standard InChI is InChI=1S/C14H22N4O3/c1-9(2)16-13(19)11-8-21-7-6-18(11)12-5-4-10(15)14(17-12)20-3/h4-5,9,11H,6-8,15H2,1-3H3,(H,16,19). The van der Waals surface area contributed by atoms with E-state index in [-0.39, 0.29) is 11.9 Å². The molecular formula is C14H22N4O3. The lowest BCUT2D eigenvalue weighted by Gasteiger charge is -2.35. The molecule has 21 heavy (non-hydrogen) atoms. The van der Waals surface area contributed by atoms with E-state index in [1.165, 1.54) is 7.11 Å². The number of nitrogens with zero attached hydrogens (tertiary/aromatic N) is 2. The first kappa shape index (κ1) is 15.4. The van der Waals surface area contributed by atoms with Gasteiger partial charge in [0, 0.05) is 12.6 Å². The first-order valence-corrected chi connectivity index (χ1v) is 6.98. The fourth-order valence-corrected chi connectivity index (χ4v) is 2.24. The van der Waals surface area contributed by atoms with Gasteiger partial charge in [0.25, 0.3) is 0 Å². The molecule has 7 heteroatoms. The lowest BCUT2D eigenvalue weighted by Crippen LogP contribution is -2.55. The number of ether oxygens (including phenoxy) is 2. The molecule has 1 atom stereocenters. The van der Waals surface area contributed by atoms with Crippen molar-refractivity contribution in [1.82, 2.24) is 10.3 Å². The Bertz CT molecular complexity index is 507. The predicted octanol–water partition coefficient (Wildman–Crippen LogP) is 0.402. The minimum Gasteiger partial charge on any atom is -0.479 e. The second-order valence-corrected chi connectivity index (χ2v) is 5.22. The van der Waals surface area contributed by atoms with Crippen molar-refractivity contribution in [2.45, 2.75) is 25.9 Å². The average molecular weight is 294 g/mol. The van der Waals surface area contributed by atoms with Gasteiger partial charge in [-0.25, -0.2) is 0 Å². The lowest BCUT2D eigenvalue weighted by molar-refractivity contribution is -0.125. The van der Waals surface area contributed by atoms with Crippen LogP contribution in [0.2, 0.25) is 0 Å². The van der Waals surface area contributed by atoms with Crippen LogP contribution in [0.5, 0.6) is 5.88 Å². The van der Waals surface area contributed by atoms with Gasteiger partial charge in [-0.15, -0.1) is 0 Å². The molecule has 0 aliphatic carbocycles. The largest absolute Gasteiger partial charge is 0.479 e. The van der Waals surface area contributed by atoms with Crippen LogP contribution in [0.4, 0.5) is 11.5 Å². The third-order valence-corrected chi connectivity index (χ3v) is 3.22. The fourth-order valence-electron chi connectivity index (χ4n) is 2.24. The molecule has 2 rings (SSSR count). The summed E-state index contributed by atoms with van der Waals surface area (Å²) in [5, 5.41) is 2.91. The molecule has 1 amide bonds. The number of nitrogens with one attached hydrogen (secondary N) is 1. The van der Waals surface area contributed by atoms with E-state index in [2.05, 4.69) is 10.3 Å². The molecule has 7 nitrogen and oxygen atoms in total. The lowest BCUT2D eigenvalue weighted by atomic mass is 10.2. The van der Waals surface area contributed by atoms with Gasteiger partial charge in [0.05, 0.1) is 26.0 Å². The summed E-state index contributed by atoms with van der Waals surface area (Å²) in [6.07, 6.45) is 0. The molecule has 0 radical (unpaired) electrons. The number of pyridine rings is 1. The first-order chi connectivity index (χ1) is 10.0. The number of aromatic nitrogens is 1. The summed E-state index contributed by atoms with van der Waals surface area (Å²) in [6, 6.07) is 3.20. The van der Waals surface area contributed by atoms with Gasteiger partial charge in [-0.3, -0.25) is 4.79 Å². The van der Waals surface area contributed by atoms with E-state index in [0.717, 1.165) is 0 Å². The van der Waals surface area contributed by atoms with Gasteiger partial charge >= 0.3 is 0 Å². The number of morpholine rings is 1. The van der Waals surface area contributed by atoms with Crippen LogP contribution >= 0.6 is 0 Å². The molecule has 1 fully saturated rings. The molecule has 2 heterocycles. The molecule has 116 valence electrons. The topological polar surface area (TPSA) is 89.7 Å². The van der Waals surface area contributed by atoms with Crippen molar-refractivity contribution in [3.05, 3.63) is 12.1 Å². The Kier molecular flexibility index (Phi) is 4.85. The van der Waals surface area contributed by atoms with E-state index in [4.69, 9.17) is 15.2 Å². The Morgan fingerprint density at radius 3 is 3.00 bits per heavy atom. The van der Waals surface area contributed by atoms with Crippen molar-refractivity contribution in [2.24, 2.45) is 0 Å². The van der Waals surface area contributed by atoms with Crippen molar-refractivity contribution < 1.29 is 14.3 Å². The van der Waals surface area contributed by atoms with Crippen molar-refractivity contribution in [3.8, 4) is 5.88 Å². The van der Waals surface area contributed by atoms with E-state index in [9.17, 15) is 4.79 Å². The summed E-state index contributed by atoms with van der Waals surface area (Å²) < 4.78 is 10.6. The minimum atomic E-state index is -0.401. The number of methoxy groups -OCH3 is 1. The fraction of sp³-hybridized carbons (Fsp3) is 0.571. The Morgan fingerprint density at radius 1 is 1.57 bits per heavy atom. The van der Waals surface area contributed by atoms with Gasteiger partial charge in [-0.2, -0.15) is 4.98 Å². The van der Waals surface area contributed by atoms with Crippen molar-refractivity contribution in [1.29, 1.82) is 0 Å². The normalized spacial score (nSPS) is 18.7. The summed E-state index contributed by atoms with van der Waals surface area (Å²) in [6.45, 7) is 5.34. The number of nitrogens with two attached hydrogens (primary N) is 1. The highest BCUT2D eigenvalue weighted by Crippen LogP contribution is 2.25. The number of hydrogen-bond donors (Lipinski definition) is 2. The molecule has 0 bridgehead atoms. The average Bonchev–Trinajstić information content (AvgIpc) is 2.47. The van der Waals surface area contributed by atoms with Gasteiger partial charge in [-0.05, 0) is 26.0 Å². The van der Waals surface area contributed by atoms with Crippen LogP contribution in [0.1, 0.15) is 13.8 Å². The van der Waals surface area contributed by atoms with Crippen LogP contribution < -0.4 is 20.7 Å². The molecule has 3 N–H and O–H groups in total. The zero-order valence-electron chi connectivity index (χ0n) is 12.6. The summed E-state index contributed by atoms with van der Waals surface area (Å²) in [5.41, 5.74) is 6.25. The van der Waals surface area contributed by atoms with Gasteiger partial charge in [-0.1, -0.05) is 0 Å². The van der Waals surface area contributed by atoms with E-state index < -0.39 is 6.04 Å². The van der Waals surface area contributed by atoms with Crippen LogP contribution in [0, 0.1) is 0 Å². The van der Waals surface area contributed by atoms with Gasteiger partial charge in [0.2, 0.25) is 11.8 Å². The monoisotopic (exact) mass is 294 g/mol. The number of anilines is 2. The molecule has 1 aliphatic rings. The molecule has 0 saturated carbocycles. The molecule has 0 spiro atoms. The summed E-state index contributed by atoms with van der Waals surface area (Å²) in [7, 11) is 1.52. The first-order valence-electron chi connectivity index (χ1n) is 6.98. The van der Waals surface area contributed by atoms with E-state index >= 15 is 0 Å². The quantitative estimate of drug-likeness (QED) is 0.835. The Hall–Kier alpha value is -2.02. The number of nitrogen functional groups attached to an aromatic ring is 1. The Morgan fingerprint density at radius 2 is 2.33 bits per heavy atom. The zero-order valence-corrected chi connectivity index (χ0v) is 12.6. The predicted molar refractivity (Wildman–Crippen MR) is 80.4 cm³/mol. The molecule has 1 aliphatic heterocycles. The van der Waals surface area contributed by atoms with E-state index in [0.29, 0.717) is 37.1 Å². The maximum Gasteiger partial charge on any atom is 0.245 e. The number of carbonyl (C=O) groups excluding carboxylic acids is 1. The Labute approximate surface area is 124 Å². The van der Waals surface area contributed by atoms with E-state index in [1.54, 1.807) is 12.1 Å². The second-order valence-electron chi connectivity index (χ2n) is 5.22. The smallest absolute Gasteiger partial charge is 0.245 e. The summed E-state index contributed by atoms with van der Waals surface area (Å²) >= 11 is 0. The van der Waals surface area contributed by atoms with Crippen LogP contribution in [0.25, 0.3) is 0 Å². The Balaban J connectivity index is 2.24. The number of amides is 1. The highest BCUT2D eigenvalue weighted by Gasteiger charge is 2.31. The second kappa shape index (κ2) is 6.62. The molecule has 1 aromatic heterocycles. The third kappa shape index (κ3) is 3.55. The summed E-state index contributed by atoms with van der Waals surface area (Å²) in [5.74, 6) is 0.956. The highest BCUT2D eigenvalue weighted by atomic mass is 16.5. The van der Waals surface area contributed by atoms with E-state index in [1.807, 2.05) is 18.7 Å². The van der Waals surface area contributed by atoms with Crippen molar-refractivity contribution in [3.63, 3.8) is 0 Å². The SMILES string of the molecule is COc1nc(N2CCOCC2C(=O)NC(C)C)ccc1N. The van der Waals surface area contributed by atoms with Gasteiger partial charge in [0.15, 0.2) is 0 Å². The summed E-state index contributed by atoms with van der Waals surface area (Å²) in [4.78, 5) is 18.6. The van der Waals surface area contributed by atoms with Crippen molar-refractivity contribution in [2.75, 3.05) is 37.5 Å². The zero-order chi connectivity index (χ0) is 15.4. The molecular weight excluding hydrogens is 272 g/mol. The van der Waals surface area contributed by atoms with Gasteiger partial charge < -0.3 is 25.4 Å². The van der Waals surface area contributed by atoms with Crippen LogP contribution in [-0.2, 0) is 9.53 Å². The molecule has 1 unspecified atom stereocenters. The number of carbonyl (C=O) groups is 1. The molecule has 0 aromatic carbocycles. The molecule has 1 aromatic rings. The van der Waals surface area contributed by atoms with Crippen LogP contribution in [0.3, 0.4) is 0 Å². The number of rotatable bonds is 4. The van der Waals surface area contributed by atoms with Crippen molar-refractivity contribution >= 4 is 17.4 Å².